The molecular weight excluding hydrogens is 502 g/mol. The van der Waals surface area contributed by atoms with Crippen molar-refractivity contribution in [2.75, 3.05) is 7.11 Å². The van der Waals surface area contributed by atoms with Gasteiger partial charge in [0.1, 0.15) is 23.1 Å². The van der Waals surface area contributed by atoms with E-state index in [4.69, 9.17) is 4.74 Å². The van der Waals surface area contributed by atoms with Crippen LogP contribution in [0.1, 0.15) is 27.8 Å². The molecule has 1 N–H and O–H groups in total. The zero-order chi connectivity index (χ0) is 28.1. The van der Waals surface area contributed by atoms with Gasteiger partial charge in [-0.2, -0.15) is 0 Å². The molecule has 0 radical (unpaired) electrons. The molecule has 0 amide bonds. The first-order valence-corrected chi connectivity index (χ1v) is 13.0. The van der Waals surface area contributed by atoms with Crippen molar-refractivity contribution in [3.8, 4) is 45.6 Å². The molecule has 0 saturated carbocycles. The second-order valence-electron chi connectivity index (χ2n) is 9.70. The van der Waals surface area contributed by atoms with Crippen molar-refractivity contribution in [3.05, 3.63) is 143 Å². The van der Waals surface area contributed by atoms with Gasteiger partial charge >= 0.3 is 0 Å². The van der Waals surface area contributed by atoms with Gasteiger partial charge in [0, 0.05) is 11.1 Å². The standard InChI is InChI=1S/C36H28F2O2/c1-24-3-20-33(35(38)21-24)29-12-6-26(7-13-29)9-15-31-22-34(37)30(23-36(31)40-2)14-8-25-4-10-27(11-5-25)28-16-18-32(39)19-17-28/h3-7,10-13,16-23,39H,8,14H2,1-2H3. The predicted molar refractivity (Wildman–Crippen MR) is 156 cm³/mol. The summed E-state index contributed by atoms with van der Waals surface area (Å²) in [6.45, 7) is 1.86. The van der Waals surface area contributed by atoms with Crippen molar-refractivity contribution < 1.29 is 18.6 Å². The van der Waals surface area contributed by atoms with Gasteiger partial charge in [-0.25, -0.2) is 8.78 Å². The van der Waals surface area contributed by atoms with Crippen LogP contribution in [-0.4, -0.2) is 12.2 Å². The van der Waals surface area contributed by atoms with E-state index in [1.165, 1.54) is 12.1 Å². The number of rotatable bonds is 6. The van der Waals surface area contributed by atoms with E-state index in [2.05, 4.69) is 11.8 Å². The Hall–Kier alpha value is -4.88. The normalized spacial score (nSPS) is 10.6. The highest BCUT2D eigenvalue weighted by atomic mass is 19.1. The smallest absolute Gasteiger partial charge is 0.134 e. The molecule has 5 rings (SSSR count). The van der Waals surface area contributed by atoms with Crippen molar-refractivity contribution >= 4 is 0 Å². The summed E-state index contributed by atoms with van der Waals surface area (Å²) >= 11 is 0. The van der Waals surface area contributed by atoms with Gasteiger partial charge in [0.25, 0.3) is 0 Å². The third-order valence-corrected chi connectivity index (χ3v) is 6.87. The van der Waals surface area contributed by atoms with Crippen LogP contribution in [0, 0.1) is 30.4 Å². The topological polar surface area (TPSA) is 29.5 Å². The lowest BCUT2D eigenvalue weighted by molar-refractivity contribution is 0.411. The van der Waals surface area contributed by atoms with Crippen LogP contribution in [0.15, 0.2) is 103 Å². The summed E-state index contributed by atoms with van der Waals surface area (Å²) in [7, 11) is 1.55. The zero-order valence-electron chi connectivity index (χ0n) is 22.3. The fraction of sp³-hybridized carbons (Fsp3) is 0.111. The molecule has 0 heterocycles. The predicted octanol–water partition coefficient (Wildman–Crippen LogP) is 8.51. The summed E-state index contributed by atoms with van der Waals surface area (Å²) in [5, 5.41) is 9.49. The highest BCUT2D eigenvalue weighted by Crippen LogP contribution is 2.27. The molecule has 5 aromatic rings. The van der Waals surface area contributed by atoms with E-state index in [1.807, 2.05) is 73.7 Å². The number of benzene rings is 5. The van der Waals surface area contributed by atoms with Crippen molar-refractivity contribution in [2.24, 2.45) is 0 Å². The molecule has 198 valence electrons. The molecule has 0 spiro atoms. The van der Waals surface area contributed by atoms with E-state index >= 15 is 4.39 Å². The lowest BCUT2D eigenvalue weighted by Crippen LogP contribution is -1.98. The molecular formula is C36H28F2O2. The lowest BCUT2D eigenvalue weighted by Gasteiger charge is -2.10. The number of ether oxygens (including phenoxy) is 1. The molecule has 0 aromatic heterocycles. The van der Waals surface area contributed by atoms with Gasteiger partial charge in [0.2, 0.25) is 0 Å². The Kier molecular flexibility index (Phi) is 7.94. The molecule has 0 aliphatic carbocycles. The second kappa shape index (κ2) is 11.9. The summed E-state index contributed by atoms with van der Waals surface area (Å²) in [6, 6.07) is 30.8. The number of hydrogen-bond acceptors (Lipinski definition) is 2. The monoisotopic (exact) mass is 530 g/mol. The molecule has 0 unspecified atom stereocenters. The molecule has 0 aliphatic rings. The average Bonchev–Trinajstić information content (AvgIpc) is 2.96. The van der Waals surface area contributed by atoms with Gasteiger partial charge in [0.05, 0.1) is 12.7 Å². The molecule has 4 heteroatoms. The summed E-state index contributed by atoms with van der Waals surface area (Å²) in [6.07, 6.45) is 1.19. The summed E-state index contributed by atoms with van der Waals surface area (Å²) in [4.78, 5) is 0. The van der Waals surface area contributed by atoms with Crippen LogP contribution in [0.25, 0.3) is 22.3 Å². The maximum atomic E-state index is 15.0. The van der Waals surface area contributed by atoms with Crippen molar-refractivity contribution in [1.29, 1.82) is 0 Å². The Labute approximate surface area is 233 Å². The minimum absolute atomic E-state index is 0.236. The fourth-order valence-electron chi connectivity index (χ4n) is 4.58. The van der Waals surface area contributed by atoms with E-state index in [-0.39, 0.29) is 17.4 Å². The highest BCUT2D eigenvalue weighted by molar-refractivity contribution is 5.66. The van der Waals surface area contributed by atoms with E-state index in [1.54, 1.807) is 31.4 Å². The van der Waals surface area contributed by atoms with Crippen LogP contribution in [0.2, 0.25) is 0 Å². The Morgan fingerprint density at radius 3 is 1.98 bits per heavy atom. The van der Waals surface area contributed by atoms with Crippen LogP contribution < -0.4 is 4.74 Å². The summed E-state index contributed by atoms with van der Waals surface area (Å²) < 4.78 is 34.9. The maximum Gasteiger partial charge on any atom is 0.134 e. The molecule has 5 aromatic carbocycles. The molecule has 40 heavy (non-hydrogen) atoms. The number of halogens is 2. The summed E-state index contributed by atoms with van der Waals surface area (Å²) in [5.41, 5.74) is 7.12. The molecule has 0 atom stereocenters. The van der Waals surface area contributed by atoms with E-state index in [9.17, 15) is 9.50 Å². The Morgan fingerprint density at radius 2 is 1.32 bits per heavy atom. The third kappa shape index (κ3) is 6.22. The highest BCUT2D eigenvalue weighted by Gasteiger charge is 2.10. The Bertz CT molecular complexity index is 1690. The number of aromatic hydroxyl groups is 1. The first kappa shape index (κ1) is 26.7. The SMILES string of the molecule is COc1cc(CCc2ccc(-c3ccc(O)cc3)cc2)c(F)cc1C#Cc1ccc(-c2ccc(C)cc2F)cc1. The molecule has 2 nitrogen and oxygen atoms in total. The van der Waals surface area contributed by atoms with Gasteiger partial charge < -0.3 is 9.84 Å². The van der Waals surface area contributed by atoms with Crippen molar-refractivity contribution in [1.82, 2.24) is 0 Å². The molecule has 0 saturated heterocycles. The lowest BCUT2D eigenvalue weighted by atomic mass is 9.99. The molecule has 0 aliphatic heterocycles. The van der Waals surface area contributed by atoms with Crippen LogP contribution >= 0.6 is 0 Å². The minimum atomic E-state index is -0.323. The minimum Gasteiger partial charge on any atom is -0.508 e. The largest absolute Gasteiger partial charge is 0.508 e. The molecule has 0 fully saturated rings. The molecule has 0 bridgehead atoms. The Balaban J connectivity index is 1.28. The second-order valence-corrected chi connectivity index (χ2v) is 9.70. The fourth-order valence-corrected chi connectivity index (χ4v) is 4.58. The Morgan fingerprint density at radius 1 is 0.675 bits per heavy atom. The summed E-state index contributed by atoms with van der Waals surface area (Å²) in [5.74, 6) is 6.25. The first-order chi connectivity index (χ1) is 19.4. The van der Waals surface area contributed by atoms with Crippen molar-refractivity contribution in [3.63, 3.8) is 0 Å². The first-order valence-electron chi connectivity index (χ1n) is 13.0. The van der Waals surface area contributed by atoms with Crippen LogP contribution in [0.3, 0.4) is 0 Å². The quantitative estimate of drug-likeness (QED) is 0.223. The zero-order valence-corrected chi connectivity index (χ0v) is 22.3. The van der Waals surface area contributed by atoms with Gasteiger partial charge in [-0.3, -0.25) is 0 Å². The van der Waals surface area contributed by atoms with Gasteiger partial charge in [-0.05, 0) is 95.6 Å². The van der Waals surface area contributed by atoms with E-state index in [0.29, 0.717) is 35.3 Å². The van der Waals surface area contributed by atoms with Crippen LogP contribution in [0.5, 0.6) is 11.5 Å². The van der Waals surface area contributed by atoms with Gasteiger partial charge in [-0.1, -0.05) is 72.5 Å². The average molecular weight is 531 g/mol. The number of phenols is 1. The maximum absolute atomic E-state index is 15.0. The van der Waals surface area contributed by atoms with Crippen LogP contribution in [0.4, 0.5) is 8.78 Å². The third-order valence-electron chi connectivity index (χ3n) is 6.87. The van der Waals surface area contributed by atoms with Gasteiger partial charge in [0.15, 0.2) is 0 Å². The number of phenolic OH excluding ortho intramolecular Hbond substituents is 1. The number of hydrogen-bond donors (Lipinski definition) is 1. The van der Waals surface area contributed by atoms with Crippen LogP contribution in [-0.2, 0) is 12.8 Å². The number of aryl methyl sites for hydroxylation is 3. The van der Waals surface area contributed by atoms with Gasteiger partial charge in [-0.15, -0.1) is 0 Å². The van der Waals surface area contributed by atoms with E-state index in [0.717, 1.165) is 33.4 Å². The van der Waals surface area contributed by atoms with E-state index < -0.39 is 0 Å². The number of methoxy groups -OCH3 is 1. The van der Waals surface area contributed by atoms with Crippen molar-refractivity contribution in [2.45, 2.75) is 19.8 Å².